The number of aromatic nitrogens is 3. The first-order chi connectivity index (χ1) is 13.5. The molecule has 1 aromatic carbocycles. The van der Waals surface area contributed by atoms with Crippen LogP contribution in [0.2, 0.25) is 0 Å². The van der Waals surface area contributed by atoms with Crippen LogP contribution in [0.3, 0.4) is 0 Å². The number of aryl methyl sites for hydroxylation is 1. The minimum absolute atomic E-state index is 0.0434. The summed E-state index contributed by atoms with van der Waals surface area (Å²) in [5.41, 5.74) is 2.32. The van der Waals surface area contributed by atoms with E-state index in [0.717, 1.165) is 27.6 Å². The highest BCUT2D eigenvalue weighted by atomic mass is 32.2. The summed E-state index contributed by atoms with van der Waals surface area (Å²) in [6, 6.07) is 9.37. The second-order valence-electron chi connectivity index (χ2n) is 6.11. The van der Waals surface area contributed by atoms with E-state index in [-0.39, 0.29) is 17.6 Å². The summed E-state index contributed by atoms with van der Waals surface area (Å²) in [5, 5.41) is 16.8. The molecule has 0 aliphatic carbocycles. The van der Waals surface area contributed by atoms with Crippen LogP contribution in [0.25, 0.3) is 10.7 Å². The van der Waals surface area contributed by atoms with Gasteiger partial charge in [-0.3, -0.25) is 9.59 Å². The fourth-order valence-electron chi connectivity index (χ4n) is 2.51. The number of anilines is 2. The molecule has 28 heavy (non-hydrogen) atoms. The highest BCUT2D eigenvalue weighted by Crippen LogP contribution is 2.26. The minimum Gasteiger partial charge on any atom is -0.326 e. The molecule has 0 saturated heterocycles. The molecule has 0 fully saturated rings. The first kappa shape index (κ1) is 20.1. The molecule has 0 spiro atoms. The fraction of sp³-hybridized carbons (Fsp3) is 0.263. The molecule has 7 nitrogen and oxygen atoms in total. The lowest BCUT2D eigenvalue weighted by atomic mass is 10.1. The van der Waals surface area contributed by atoms with Gasteiger partial charge in [-0.2, -0.15) is 0 Å². The average Bonchev–Trinajstić information content (AvgIpc) is 3.32. The Kier molecular flexibility index (Phi) is 6.48. The van der Waals surface area contributed by atoms with Crippen LogP contribution in [0.5, 0.6) is 0 Å². The Balaban J connectivity index is 1.58. The van der Waals surface area contributed by atoms with Crippen LogP contribution in [0, 0.1) is 6.92 Å². The van der Waals surface area contributed by atoms with Crippen molar-refractivity contribution in [2.24, 2.45) is 7.05 Å². The number of carbonyl (C=O) groups is 2. The Hall–Kier alpha value is -2.65. The third-order valence-corrected chi connectivity index (χ3v) is 5.90. The standard InChI is InChI=1S/C19H21N5O2S2/c1-4-16(25)20-13-7-8-14(12(2)10-13)21-17(26)11-28-19-23-22-18(24(19)3)15-6-5-9-27-15/h5-10H,4,11H2,1-3H3,(H,20,25)(H,21,26). The number of thiophene rings is 1. The number of nitrogens with one attached hydrogen (secondary N) is 2. The van der Waals surface area contributed by atoms with Gasteiger partial charge in [-0.1, -0.05) is 24.8 Å². The van der Waals surface area contributed by atoms with Crippen LogP contribution in [-0.2, 0) is 16.6 Å². The van der Waals surface area contributed by atoms with Crippen molar-refractivity contribution in [3.05, 3.63) is 41.3 Å². The number of carbonyl (C=O) groups excluding carboxylic acids is 2. The van der Waals surface area contributed by atoms with Gasteiger partial charge >= 0.3 is 0 Å². The van der Waals surface area contributed by atoms with Gasteiger partial charge in [-0.15, -0.1) is 21.5 Å². The number of amides is 2. The fourth-order valence-corrected chi connectivity index (χ4v) is 3.96. The average molecular weight is 416 g/mol. The van der Waals surface area contributed by atoms with Crippen molar-refractivity contribution in [3.63, 3.8) is 0 Å². The smallest absolute Gasteiger partial charge is 0.234 e. The van der Waals surface area contributed by atoms with E-state index >= 15 is 0 Å². The van der Waals surface area contributed by atoms with Crippen LogP contribution in [0.4, 0.5) is 11.4 Å². The van der Waals surface area contributed by atoms with Crippen molar-refractivity contribution < 1.29 is 9.59 Å². The van der Waals surface area contributed by atoms with Crippen molar-refractivity contribution in [1.82, 2.24) is 14.8 Å². The lowest BCUT2D eigenvalue weighted by Crippen LogP contribution is -2.15. The second-order valence-corrected chi connectivity index (χ2v) is 8.00. The van der Waals surface area contributed by atoms with Gasteiger partial charge in [0.15, 0.2) is 11.0 Å². The van der Waals surface area contributed by atoms with E-state index in [1.54, 1.807) is 30.4 Å². The molecule has 3 aromatic rings. The van der Waals surface area contributed by atoms with E-state index in [1.807, 2.05) is 42.1 Å². The van der Waals surface area contributed by atoms with Crippen LogP contribution in [-0.4, -0.2) is 32.3 Å². The highest BCUT2D eigenvalue weighted by molar-refractivity contribution is 7.99. The summed E-state index contributed by atoms with van der Waals surface area (Å²) in [6.45, 7) is 3.69. The van der Waals surface area contributed by atoms with Crippen LogP contribution in [0.1, 0.15) is 18.9 Å². The van der Waals surface area contributed by atoms with Gasteiger partial charge in [0, 0.05) is 24.8 Å². The first-order valence-corrected chi connectivity index (χ1v) is 10.6. The molecule has 9 heteroatoms. The first-order valence-electron chi connectivity index (χ1n) is 8.74. The zero-order chi connectivity index (χ0) is 20.1. The van der Waals surface area contributed by atoms with E-state index in [9.17, 15) is 9.59 Å². The zero-order valence-electron chi connectivity index (χ0n) is 15.9. The van der Waals surface area contributed by atoms with Crippen LogP contribution >= 0.6 is 23.1 Å². The number of hydrogen-bond donors (Lipinski definition) is 2. The number of hydrogen-bond acceptors (Lipinski definition) is 6. The van der Waals surface area contributed by atoms with Crippen LogP contribution < -0.4 is 10.6 Å². The molecule has 2 N–H and O–H groups in total. The lowest BCUT2D eigenvalue weighted by Gasteiger charge is -2.11. The number of thioether (sulfide) groups is 1. The summed E-state index contributed by atoms with van der Waals surface area (Å²) in [4.78, 5) is 24.9. The monoisotopic (exact) mass is 415 g/mol. The predicted octanol–water partition coefficient (Wildman–Crippen LogP) is 3.93. The van der Waals surface area contributed by atoms with Gasteiger partial charge in [-0.25, -0.2) is 0 Å². The summed E-state index contributed by atoms with van der Waals surface area (Å²) >= 11 is 2.94. The number of benzene rings is 1. The molecule has 0 bridgehead atoms. The SMILES string of the molecule is CCC(=O)Nc1ccc(NC(=O)CSc2nnc(-c3cccs3)n2C)c(C)c1. The maximum Gasteiger partial charge on any atom is 0.234 e. The molecule has 2 amide bonds. The van der Waals surface area contributed by atoms with E-state index in [0.29, 0.717) is 11.6 Å². The van der Waals surface area contributed by atoms with Gasteiger partial charge in [-0.05, 0) is 42.1 Å². The van der Waals surface area contributed by atoms with Gasteiger partial charge in [0.25, 0.3) is 0 Å². The topological polar surface area (TPSA) is 88.9 Å². The molecule has 0 radical (unpaired) electrons. The summed E-state index contributed by atoms with van der Waals surface area (Å²) in [5.74, 6) is 0.847. The van der Waals surface area contributed by atoms with Gasteiger partial charge < -0.3 is 15.2 Å². The third kappa shape index (κ3) is 4.79. The van der Waals surface area contributed by atoms with Crippen molar-refractivity contribution in [2.45, 2.75) is 25.4 Å². The largest absolute Gasteiger partial charge is 0.326 e. The molecule has 0 atom stereocenters. The molecular formula is C19H21N5O2S2. The summed E-state index contributed by atoms with van der Waals surface area (Å²) in [6.07, 6.45) is 0.422. The zero-order valence-corrected chi connectivity index (χ0v) is 17.5. The number of nitrogens with zero attached hydrogens (tertiary/aromatic N) is 3. The third-order valence-electron chi connectivity index (χ3n) is 4.01. The lowest BCUT2D eigenvalue weighted by molar-refractivity contribution is -0.116. The Morgan fingerprint density at radius 3 is 2.68 bits per heavy atom. The molecule has 0 aliphatic heterocycles. The minimum atomic E-state index is -0.126. The summed E-state index contributed by atoms with van der Waals surface area (Å²) < 4.78 is 1.89. The maximum atomic E-state index is 12.3. The number of rotatable bonds is 7. The molecule has 0 unspecified atom stereocenters. The van der Waals surface area contributed by atoms with E-state index < -0.39 is 0 Å². The predicted molar refractivity (Wildman–Crippen MR) is 114 cm³/mol. The van der Waals surface area contributed by atoms with Crippen molar-refractivity contribution >= 4 is 46.3 Å². The Labute approximate surface area is 171 Å². The Bertz CT molecular complexity index is 982. The van der Waals surface area contributed by atoms with Gasteiger partial charge in [0.2, 0.25) is 11.8 Å². The molecule has 0 aliphatic rings. The van der Waals surface area contributed by atoms with Crippen LogP contribution in [0.15, 0.2) is 40.9 Å². The molecule has 3 rings (SSSR count). The van der Waals surface area contributed by atoms with E-state index in [2.05, 4.69) is 20.8 Å². The molecular weight excluding hydrogens is 394 g/mol. The second kappa shape index (κ2) is 9.03. The molecule has 146 valence electrons. The Morgan fingerprint density at radius 1 is 1.18 bits per heavy atom. The summed E-state index contributed by atoms with van der Waals surface area (Å²) in [7, 11) is 1.89. The Morgan fingerprint density at radius 2 is 2.00 bits per heavy atom. The van der Waals surface area contributed by atoms with E-state index in [4.69, 9.17) is 0 Å². The molecule has 2 heterocycles. The highest BCUT2D eigenvalue weighted by Gasteiger charge is 2.14. The van der Waals surface area contributed by atoms with Crippen molar-refractivity contribution in [1.29, 1.82) is 0 Å². The van der Waals surface area contributed by atoms with E-state index in [1.165, 1.54) is 11.8 Å². The van der Waals surface area contributed by atoms with Crippen molar-refractivity contribution in [3.8, 4) is 10.7 Å². The quantitative estimate of drug-likeness (QED) is 0.571. The molecule has 2 aromatic heterocycles. The maximum absolute atomic E-state index is 12.3. The molecule has 0 saturated carbocycles. The van der Waals surface area contributed by atoms with Crippen molar-refractivity contribution in [2.75, 3.05) is 16.4 Å². The van der Waals surface area contributed by atoms with Gasteiger partial charge in [0.1, 0.15) is 0 Å². The van der Waals surface area contributed by atoms with Gasteiger partial charge in [0.05, 0.1) is 10.6 Å². The normalized spacial score (nSPS) is 10.7.